The monoisotopic (exact) mass is 191 g/mol. The third-order valence-corrected chi connectivity index (χ3v) is 1.91. The molecule has 0 unspecified atom stereocenters. The molecule has 0 spiro atoms. The Morgan fingerprint density at radius 1 is 1.50 bits per heavy atom. The molecule has 1 aromatic rings. The lowest BCUT2D eigenvalue weighted by molar-refractivity contribution is -0.136. The number of carbonyl (C=O) groups is 1. The second-order valence-electron chi connectivity index (χ2n) is 2.92. The molecule has 1 N–H and O–H groups in total. The van der Waals surface area contributed by atoms with Crippen LogP contribution in [0.15, 0.2) is 30.3 Å². The lowest BCUT2D eigenvalue weighted by Crippen LogP contribution is -2.20. The van der Waals surface area contributed by atoms with Crippen LogP contribution in [0, 0.1) is 11.3 Å². The summed E-state index contributed by atoms with van der Waals surface area (Å²) < 4.78 is 5.07. The summed E-state index contributed by atoms with van der Waals surface area (Å²) in [5, 5.41) is 7.03. The van der Waals surface area contributed by atoms with Crippen molar-refractivity contribution in [2.24, 2.45) is 5.92 Å². The lowest BCUT2D eigenvalue weighted by atomic mass is 10.1. The van der Waals surface area contributed by atoms with Crippen LogP contribution in [0.4, 0.5) is 0 Å². The van der Waals surface area contributed by atoms with E-state index >= 15 is 0 Å². The predicted octanol–water partition coefficient (Wildman–Crippen LogP) is 2.27. The topological polar surface area (TPSA) is 50.2 Å². The smallest absolute Gasteiger partial charge is 0.319 e. The van der Waals surface area contributed by atoms with E-state index in [4.69, 9.17) is 10.1 Å². The van der Waals surface area contributed by atoms with Gasteiger partial charge in [0, 0.05) is 6.21 Å². The number of benzene rings is 1. The quantitative estimate of drug-likeness (QED) is 0.451. The molecular formula is C11H13NO2. The van der Waals surface area contributed by atoms with Gasteiger partial charge >= 0.3 is 5.97 Å². The summed E-state index contributed by atoms with van der Waals surface area (Å²) in [5.41, 5.74) is 0. The molecule has 74 valence electrons. The summed E-state index contributed by atoms with van der Waals surface area (Å²) in [4.78, 5) is 11.4. The molecule has 3 heteroatoms. The summed E-state index contributed by atoms with van der Waals surface area (Å²) >= 11 is 0. The van der Waals surface area contributed by atoms with Crippen molar-refractivity contribution in [1.82, 2.24) is 0 Å². The minimum Gasteiger partial charge on any atom is -0.426 e. The molecule has 0 aliphatic heterocycles. The van der Waals surface area contributed by atoms with E-state index in [0.29, 0.717) is 12.2 Å². The van der Waals surface area contributed by atoms with Crippen LogP contribution in [0.5, 0.6) is 5.75 Å². The van der Waals surface area contributed by atoms with E-state index in [1.54, 1.807) is 24.3 Å². The molecule has 0 saturated heterocycles. The Bertz CT molecular complexity index is 308. The van der Waals surface area contributed by atoms with Crippen molar-refractivity contribution in [2.45, 2.75) is 13.3 Å². The third kappa shape index (κ3) is 2.69. The molecule has 0 aliphatic rings. The van der Waals surface area contributed by atoms with E-state index in [2.05, 4.69) is 0 Å². The number of hydrogen-bond donors (Lipinski definition) is 1. The average Bonchev–Trinajstić information content (AvgIpc) is 2.21. The van der Waals surface area contributed by atoms with Crippen molar-refractivity contribution in [2.75, 3.05) is 0 Å². The van der Waals surface area contributed by atoms with Crippen LogP contribution < -0.4 is 4.74 Å². The van der Waals surface area contributed by atoms with E-state index in [9.17, 15) is 4.79 Å². The maximum absolute atomic E-state index is 11.4. The average molecular weight is 191 g/mol. The van der Waals surface area contributed by atoms with Gasteiger partial charge in [0.25, 0.3) is 0 Å². The van der Waals surface area contributed by atoms with Crippen molar-refractivity contribution in [3.63, 3.8) is 0 Å². The Hall–Kier alpha value is -1.64. The second kappa shape index (κ2) is 5.17. The molecule has 0 heterocycles. The number of esters is 1. The minimum absolute atomic E-state index is 0.367. The Morgan fingerprint density at radius 3 is 2.64 bits per heavy atom. The van der Waals surface area contributed by atoms with Gasteiger partial charge in [0.2, 0.25) is 0 Å². The van der Waals surface area contributed by atoms with Gasteiger partial charge in [-0.1, -0.05) is 25.1 Å². The Balaban J connectivity index is 2.61. The van der Waals surface area contributed by atoms with Gasteiger partial charge in [-0.2, -0.15) is 0 Å². The number of nitrogens with one attached hydrogen (secondary N) is 1. The fourth-order valence-electron chi connectivity index (χ4n) is 1.03. The fourth-order valence-corrected chi connectivity index (χ4v) is 1.03. The highest BCUT2D eigenvalue weighted by Gasteiger charge is 2.15. The van der Waals surface area contributed by atoms with Gasteiger partial charge in [0.15, 0.2) is 0 Å². The minimum atomic E-state index is -0.435. The van der Waals surface area contributed by atoms with Gasteiger partial charge in [0.1, 0.15) is 5.75 Å². The molecule has 14 heavy (non-hydrogen) atoms. The molecular weight excluding hydrogens is 178 g/mol. The number of rotatable bonds is 4. The molecule has 1 aromatic carbocycles. The highest BCUT2D eigenvalue weighted by Crippen LogP contribution is 2.11. The molecule has 0 aromatic heterocycles. The van der Waals surface area contributed by atoms with Crippen LogP contribution in [-0.4, -0.2) is 12.2 Å². The SMILES string of the molecule is CC[C@@H](C=N)C(=O)Oc1ccccc1. The molecule has 0 radical (unpaired) electrons. The normalized spacial score (nSPS) is 11.8. The van der Waals surface area contributed by atoms with Crippen LogP contribution in [0.3, 0.4) is 0 Å². The standard InChI is InChI=1S/C11H13NO2/c1-2-9(8-12)11(13)14-10-6-4-3-5-7-10/h3-9,12H,2H2,1H3/t9-/m0/s1. The van der Waals surface area contributed by atoms with Crippen molar-refractivity contribution < 1.29 is 9.53 Å². The number of para-hydroxylation sites is 1. The molecule has 0 bridgehead atoms. The van der Waals surface area contributed by atoms with Gasteiger partial charge in [0.05, 0.1) is 5.92 Å². The molecule has 0 amide bonds. The van der Waals surface area contributed by atoms with Crippen molar-refractivity contribution in [1.29, 1.82) is 5.41 Å². The molecule has 0 aliphatic carbocycles. The van der Waals surface area contributed by atoms with Crippen molar-refractivity contribution >= 4 is 12.2 Å². The van der Waals surface area contributed by atoms with Crippen molar-refractivity contribution in [3.05, 3.63) is 30.3 Å². The maximum Gasteiger partial charge on any atom is 0.319 e. The first kappa shape index (κ1) is 10.4. The first-order valence-electron chi connectivity index (χ1n) is 4.55. The Kier molecular flexibility index (Phi) is 3.85. The van der Waals surface area contributed by atoms with E-state index in [1.807, 2.05) is 13.0 Å². The summed E-state index contributed by atoms with van der Waals surface area (Å²) in [7, 11) is 0. The van der Waals surface area contributed by atoms with Gasteiger partial charge in [-0.15, -0.1) is 0 Å². The zero-order chi connectivity index (χ0) is 10.4. The van der Waals surface area contributed by atoms with E-state index in [0.717, 1.165) is 6.21 Å². The van der Waals surface area contributed by atoms with Gasteiger partial charge < -0.3 is 10.1 Å². The zero-order valence-corrected chi connectivity index (χ0v) is 8.07. The lowest BCUT2D eigenvalue weighted by Gasteiger charge is -2.08. The molecule has 3 nitrogen and oxygen atoms in total. The van der Waals surface area contributed by atoms with Gasteiger partial charge in [-0.25, -0.2) is 0 Å². The highest BCUT2D eigenvalue weighted by molar-refractivity contribution is 5.89. The van der Waals surface area contributed by atoms with Crippen LogP contribution >= 0.6 is 0 Å². The number of hydrogen-bond acceptors (Lipinski definition) is 3. The number of ether oxygens (including phenoxy) is 1. The first-order chi connectivity index (χ1) is 6.77. The van der Waals surface area contributed by atoms with Crippen LogP contribution in [0.2, 0.25) is 0 Å². The van der Waals surface area contributed by atoms with E-state index in [1.165, 1.54) is 0 Å². The summed E-state index contributed by atoms with van der Waals surface area (Å²) in [6, 6.07) is 8.89. The van der Waals surface area contributed by atoms with E-state index in [-0.39, 0.29) is 5.97 Å². The molecule has 1 rings (SSSR count). The summed E-state index contributed by atoms with van der Waals surface area (Å²) in [5.74, 6) is -0.276. The third-order valence-electron chi connectivity index (χ3n) is 1.91. The first-order valence-corrected chi connectivity index (χ1v) is 4.55. The van der Waals surface area contributed by atoms with E-state index < -0.39 is 5.92 Å². The molecule has 1 atom stereocenters. The predicted molar refractivity (Wildman–Crippen MR) is 54.6 cm³/mol. The van der Waals surface area contributed by atoms with Crippen LogP contribution in [0.25, 0.3) is 0 Å². The molecule has 0 saturated carbocycles. The van der Waals surface area contributed by atoms with Crippen LogP contribution in [-0.2, 0) is 4.79 Å². The van der Waals surface area contributed by atoms with Gasteiger partial charge in [-0.05, 0) is 18.6 Å². The van der Waals surface area contributed by atoms with Gasteiger partial charge in [-0.3, -0.25) is 4.79 Å². The van der Waals surface area contributed by atoms with Crippen LogP contribution in [0.1, 0.15) is 13.3 Å². The Labute approximate surface area is 83.2 Å². The van der Waals surface area contributed by atoms with Crippen molar-refractivity contribution in [3.8, 4) is 5.75 Å². The largest absolute Gasteiger partial charge is 0.426 e. The Morgan fingerprint density at radius 2 is 2.14 bits per heavy atom. The molecule has 0 fully saturated rings. The maximum atomic E-state index is 11.4. The summed E-state index contributed by atoms with van der Waals surface area (Å²) in [6.07, 6.45) is 1.71. The highest BCUT2D eigenvalue weighted by atomic mass is 16.5. The fraction of sp³-hybridized carbons (Fsp3) is 0.273. The summed E-state index contributed by atoms with van der Waals surface area (Å²) in [6.45, 7) is 1.85. The number of carbonyl (C=O) groups excluding carboxylic acids is 1. The second-order valence-corrected chi connectivity index (χ2v) is 2.92. The zero-order valence-electron chi connectivity index (χ0n) is 8.07.